The summed E-state index contributed by atoms with van der Waals surface area (Å²) in [5, 5.41) is 0. The van der Waals surface area contributed by atoms with E-state index in [1.807, 2.05) is 51.1 Å². The summed E-state index contributed by atoms with van der Waals surface area (Å²) in [6.45, 7) is 5.68. The lowest BCUT2D eigenvalue weighted by molar-refractivity contribution is -0.154. The van der Waals surface area contributed by atoms with Crippen LogP contribution in [-0.2, 0) is 16.0 Å². The summed E-state index contributed by atoms with van der Waals surface area (Å²) in [6, 6.07) is 18.5. The molecule has 0 aliphatic rings. The summed E-state index contributed by atoms with van der Waals surface area (Å²) in [6.07, 6.45) is 1.10. The number of esters is 1. The molecule has 0 aromatic heterocycles. The van der Waals surface area contributed by atoms with Crippen molar-refractivity contribution in [3.05, 3.63) is 60.2 Å². The third-order valence-corrected chi connectivity index (χ3v) is 3.12. The molecular formula is C19H22O2. The molecule has 0 atom stereocenters. The lowest BCUT2D eigenvalue weighted by Gasteiger charge is -2.19. The number of hydrogen-bond donors (Lipinski definition) is 0. The van der Waals surface area contributed by atoms with Gasteiger partial charge in [-0.05, 0) is 43.9 Å². The molecule has 0 aliphatic carbocycles. The Morgan fingerprint density at radius 2 is 1.57 bits per heavy atom. The Labute approximate surface area is 126 Å². The fraction of sp³-hybridized carbons (Fsp3) is 0.316. The van der Waals surface area contributed by atoms with Gasteiger partial charge in [0.05, 0.1) is 0 Å². The van der Waals surface area contributed by atoms with E-state index >= 15 is 0 Å². The van der Waals surface area contributed by atoms with Crippen molar-refractivity contribution in [1.82, 2.24) is 0 Å². The molecule has 0 fully saturated rings. The molecule has 0 amide bonds. The van der Waals surface area contributed by atoms with E-state index in [1.165, 1.54) is 16.7 Å². The molecule has 2 aromatic rings. The van der Waals surface area contributed by atoms with E-state index in [1.54, 1.807) is 0 Å². The van der Waals surface area contributed by atoms with Crippen LogP contribution in [0.25, 0.3) is 11.1 Å². The highest BCUT2D eigenvalue weighted by Gasteiger charge is 2.16. The molecule has 0 bridgehead atoms. The minimum Gasteiger partial charge on any atom is -0.460 e. The van der Waals surface area contributed by atoms with Crippen LogP contribution in [-0.4, -0.2) is 11.6 Å². The maximum absolute atomic E-state index is 11.9. The smallest absolute Gasteiger partial charge is 0.306 e. The number of ether oxygens (including phenoxy) is 1. The van der Waals surface area contributed by atoms with Crippen molar-refractivity contribution in [3.63, 3.8) is 0 Å². The van der Waals surface area contributed by atoms with Crippen LogP contribution in [0.3, 0.4) is 0 Å². The van der Waals surface area contributed by atoms with Crippen molar-refractivity contribution in [2.75, 3.05) is 0 Å². The Balaban J connectivity index is 2.10. The number of carbonyl (C=O) groups excluding carboxylic acids is 1. The van der Waals surface area contributed by atoms with E-state index in [0.717, 1.165) is 0 Å². The SMILES string of the molecule is CC(C)(C)OC(=O)CCc1ccccc1-c1ccccc1. The lowest BCUT2D eigenvalue weighted by atomic mass is 9.97. The summed E-state index contributed by atoms with van der Waals surface area (Å²) in [4.78, 5) is 11.9. The van der Waals surface area contributed by atoms with Gasteiger partial charge in [-0.15, -0.1) is 0 Å². The molecule has 0 heterocycles. The maximum atomic E-state index is 11.9. The monoisotopic (exact) mass is 282 g/mol. The molecule has 21 heavy (non-hydrogen) atoms. The van der Waals surface area contributed by atoms with Crippen LogP contribution < -0.4 is 0 Å². The van der Waals surface area contributed by atoms with Gasteiger partial charge in [0, 0.05) is 6.42 Å². The quantitative estimate of drug-likeness (QED) is 0.764. The number of aryl methyl sites for hydroxylation is 1. The second-order valence-corrected chi connectivity index (χ2v) is 6.11. The van der Waals surface area contributed by atoms with Gasteiger partial charge in [0.1, 0.15) is 5.60 Å². The molecule has 0 N–H and O–H groups in total. The molecule has 0 saturated heterocycles. The first kappa shape index (κ1) is 15.3. The van der Waals surface area contributed by atoms with E-state index in [0.29, 0.717) is 12.8 Å². The van der Waals surface area contributed by atoms with Crippen molar-refractivity contribution < 1.29 is 9.53 Å². The van der Waals surface area contributed by atoms with Crippen molar-refractivity contribution in [1.29, 1.82) is 0 Å². The molecule has 0 unspecified atom stereocenters. The van der Waals surface area contributed by atoms with Crippen molar-refractivity contribution >= 4 is 5.97 Å². The Bertz CT molecular complexity index is 594. The highest BCUT2D eigenvalue weighted by molar-refractivity contribution is 5.72. The highest BCUT2D eigenvalue weighted by atomic mass is 16.6. The van der Waals surface area contributed by atoms with Crippen LogP contribution in [0.2, 0.25) is 0 Å². The zero-order valence-electron chi connectivity index (χ0n) is 12.9. The number of carbonyl (C=O) groups is 1. The molecular weight excluding hydrogens is 260 g/mol. The summed E-state index contributed by atoms with van der Waals surface area (Å²) >= 11 is 0. The van der Waals surface area contributed by atoms with Gasteiger partial charge in [-0.3, -0.25) is 4.79 Å². The van der Waals surface area contributed by atoms with Crippen LogP contribution in [0.5, 0.6) is 0 Å². The van der Waals surface area contributed by atoms with E-state index in [2.05, 4.69) is 24.3 Å². The van der Waals surface area contributed by atoms with Crippen molar-refractivity contribution in [2.24, 2.45) is 0 Å². The average Bonchev–Trinajstić information content (AvgIpc) is 2.45. The summed E-state index contributed by atoms with van der Waals surface area (Å²) in [7, 11) is 0. The molecule has 2 rings (SSSR count). The Hall–Kier alpha value is -2.09. The lowest BCUT2D eigenvalue weighted by Crippen LogP contribution is -2.24. The molecule has 0 radical (unpaired) electrons. The molecule has 2 aromatic carbocycles. The Morgan fingerprint density at radius 3 is 2.24 bits per heavy atom. The van der Waals surface area contributed by atoms with E-state index in [9.17, 15) is 4.79 Å². The number of hydrogen-bond acceptors (Lipinski definition) is 2. The van der Waals surface area contributed by atoms with Gasteiger partial charge in [0.15, 0.2) is 0 Å². The highest BCUT2D eigenvalue weighted by Crippen LogP contribution is 2.24. The number of benzene rings is 2. The van der Waals surface area contributed by atoms with Crippen molar-refractivity contribution in [3.8, 4) is 11.1 Å². The number of rotatable bonds is 4. The van der Waals surface area contributed by atoms with Gasteiger partial charge in [-0.2, -0.15) is 0 Å². The van der Waals surface area contributed by atoms with Gasteiger partial charge in [0.2, 0.25) is 0 Å². The van der Waals surface area contributed by atoms with Crippen LogP contribution >= 0.6 is 0 Å². The van der Waals surface area contributed by atoms with Gasteiger partial charge in [-0.1, -0.05) is 54.6 Å². The standard InChI is InChI=1S/C19H22O2/c1-19(2,3)21-18(20)14-13-16-11-7-8-12-17(16)15-9-5-4-6-10-15/h4-12H,13-14H2,1-3H3. The van der Waals surface area contributed by atoms with Crippen LogP contribution in [0.4, 0.5) is 0 Å². The Morgan fingerprint density at radius 1 is 0.952 bits per heavy atom. The van der Waals surface area contributed by atoms with Crippen LogP contribution in [0, 0.1) is 0 Å². The molecule has 0 saturated carbocycles. The zero-order valence-corrected chi connectivity index (χ0v) is 12.9. The second kappa shape index (κ2) is 6.57. The zero-order chi connectivity index (χ0) is 15.3. The van der Waals surface area contributed by atoms with Gasteiger partial charge < -0.3 is 4.74 Å². The summed E-state index contributed by atoms with van der Waals surface area (Å²) in [5.74, 6) is -0.148. The van der Waals surface area contributed by atoms with Crippen LogP contribution in [0.15, 0.2) is 54.6 Å². The van der Waals surface area contributed by atoms with Gasteiger partial charge in [-0.25, -0.2) is 0 Å². The maximum Gasteiger partial charge on any atom is 0.306 e. The van der Waals surface area contributed by atoms with Gasteiger partial charge in [0.25, 0.3) is 0 Å². The summed E-state index contributed by atoms with van der Waals surface area (Å²) in [5.41, 5.74) is 3.12. The predicted octanol–water partition coefficient (Wildman–Crippen LogP) is 4.63. The first-order valence-corrected chi connectivity index (χ1v) is 7.31. The largest absolute Gasteiger partial charge is 0.460 e. The first-order valence-electron chi connectivity index (χ1n) is 7.31. The summed E-state index contributed by atoms with van der Waals surface area (Å²) < 4.78 is 5.37. The van der Waals surface area contributed by atoms with Gasteiger partial charge >= 0.3 is 5.97 Å². The molecule has 110 valence electrons. The minimum atomic E-state index is -0.421. The normalized spacial score (nSPS) is 11.2. The third kappa shape index (κ3) is 4.75. The molecule has 2 heteroatoms. The van der Waals surface area contributed by atoms with Crippen molar-refractivity contribution in [2.45, 2.75) is 39.2 Å². The van der Waals surface area contributed by atoms with E-state index in [4.69, 9.17) is 4.74 Å². The fourth-order valence-corrected chi connectivity index (χ4v) is 2.27. The van der Waals surface area contributed by atoms with E-state index < -0.39 is 5.60 Å². The fourth-order valence-electron chi connectivity index (χ4n) is 2.27. The predicted molar refractivity (Wildman–Crippen MR) is 86.0 cm³/mol. The first-order chi connectivity index (χ1) is 9.96. The Kier molecular flexibility index (Phi) is 4.79. The average molecular weight is 282 g/mol. The third-order valence-electron chi connectivity index (χ3n) is 3.12. The topological polar surface area (TPSA) is 26.3 Å². The molecule has 0 aliphatic heterocycles. The molecule has 2 nitrogen and oxygen atoms in total. The van der Waals surface area contributed by atoms with Crippen LogP contribution in [0.1, 0.15) is 32.8 Å². The van der Waals surface area contributed by atoms with E-state index in [-0.39, 0.29) is 5.97 Å². The second-order valence-electron chi connectivity index (χ2n) is 6.11. The molecule has 0 spiro atoms. The minimum absolute atomic E-state index is 0.148.